The number of rotatable bonds is 8. The largest absolute Gasteiger partial charge is 0.476 e. The van der Waals surface area contributed by atoms with Crippen LogP contribution in [-0.2, 0) is 4.79 Å². The molecule has 8 nitrogen and oxygen atoms in total. The van der Waals surface area contributed by atoms with Gasteiger partial charge in [-0.25, -0.2) is 18.7 Å². The standard InChI is InChI=1S/C26H33F2N5O3/c1-26(2,28)16-32-10-7-17(8-11-32)15-36-23-14-30-21(13-31-23)19-6-5-18(12-20(19)27)25(35)33-9-3-4-22(33)24(29)34/h5-6,12-14,17,22H,3-4,7-11,15-16H2,1-2H3,(H2,29,34)/t22-/m0/s1. The van der Waals surface area contributed by atoms with Crippen LogP contribution < -0.4 is 10.5 Å². The lowest BCUT2D eigenvalue weighted by Gasteiger charge is -2.34. The van der Waals surface area contributed by atoms with Crippen molar-refractivity contribution < 1.29 is 23.1 Å². The van der Waals surface area contributed by atoms with E-state index >= 15 is 0 Å². The molecule has 2 aromatic rings. The van der Waals surface area contributed by atoms with E-state index in [1.807, 2.05) is 0 Å². The molecule has 0 radical (unpaired) electrons. The molecule has 194 valence electrons. The normalized spacial score (nSPS) is 19.4. The first kappa shape index (κ1) is 25.9. The number of carbonyl (C=O) groups excluding carboxylic acids is 2. The van der Waals surface area contributed by atoms with Gasteiger partial charge in [-0.2, -0.15) is 0 Å². The first-order chi connectivity index (χ1) is 17.1. The summed E-state index contributed by atoms with van der Waals surface area (Å²) in [6.07, 6.45) is 5.94. The highest BCUT2D eigenvalue weighted by Gasteiger charge is 2.33. The van der Waals surface area contributed by atoms with Crippen molar-refractivity contribution in [1.29, 1.82) is 0 Å². The summed E-state index contributed by atoms with van der Waals surface area (Å²) >= 11 is 0. The summed E-state index contributed by atoms with van der Waals surface area (Å²) in [4.78, 5) is 36.4. The number of hydrogen-bond acceptors (Lipinski definition) is 6. The Labute approximate surface area is 209 Å². The third kappa shape index (κ3) is 6.34. The summed E-state index contributed by atoms with van der Waals surface area (Å²) in [5, 5.41) is 0. The molecule has 2 saturated heterocycles. The van der Waals surface area contributed by atoms with E-state index in [4.69, 9.17) is 10.5 Å². The first-order valence-corrected chi connectivity index (χ1v) is 12.4. The Morgan fingerprint density at radius 2 is 1.89 bits per heavy atom. The predicted molar refractivity (Wildman–Crippen MR) is 131 cm³/mol. The number of carbonyl (C=O) groups is 2. The number of hydrogen-bond donors (Lipinski definition) is 1. The van der Waals surface area contributed by atoms with Crippen LogP contribution in [0.25, 0.3) is 11.3 Å². The fraction of sp³-hybridized carbons (Fsp3) is 0.538. The monoisotopic (exact) mass is 501 g/mol. The molecule has 4 rings (SSSR count). The van der Waals surface area contributed by atoms with Crippen molar-refractivity contribution in [2.45, 2.75) is 51.2 Å². The molecule has 0 aliphatic carbocycles. The minimum atomic E-state index is -1.20. The Morgan fingerprint density at radius 1 is 1.14 bits per heavy atom. The van der Waals surface area contributed by atoms with Crippen LogP contribution in [0, 0.1) is 11.7 Å². The number of nitrogens with zero attached hydrogens (tertiary/aromatic N) is 4. The molecule has 0 unspecified atom stereocenters. The maximum absolute atomic E-state index is 14.9. The van der Waals surface area contributed by atoms with Crippen molar-refractivity contribution in [3.05, 3.63) is 42.0 Å². The molecule has 0 spiro atoms. The van der Waals surface area contributed by atoms with Gasteiger partial charge in [0.2, 0.25) is 11.8 Å². The zero-order valence-corrected chi connectivity index (χ0v) is 20.8. The Balaban J connectivity index is 1.32. The molecule has 1 aromatic carbocycles. The van der Waals surface area contributed by atoms with Crippen molar-refractivity contribution in [2.24, 2.45) is 11.7 Å². The highest BCUT2D eigenvalue weighted by molar-refractivity contribution is 5.98. The minimum absolute atomic E-state index is 0.151. The summed E-state index contributed by atoms with van der Waals surface area (Å²) in [6.45, 7) is 6.21. The van der Waals surface area contributed by atoms with E-state index in [2.05, 4.69) is 14.9 Å². The van der Waals surface area contributed by atoms with Gasteiger partial charge < -0.3 is 20.3 Å². The van der Waals surface area contributed by atoms with E-state index in [1.54, 1.807) is 13.8 Å². The molecule has 10 heteroatoms. The van der Waals surface area contributed by atoms with Gasteiger partial charge in [0, 0.05) is 24.2 Å². The second-order valence-corrected chi connectivity index (χ2v) is 10.2. The van der Waals surface area contributed by atoms with Crippen LogP contribution >= 0.6 is 0 Å². The second kappa shape index (κ2) is 10.9. The maximum Gasteiger partial charge on any atom is 0.254 e. The number of nitrogens with two attached hydrogens (primary N) is 1. The first-order valence-electron chi connectivity index (χ1n) is 12.4. The van der Waals surface area contributed by atoms with Crippen molar-refractivity contribution in [1.82, 2.24) is 19.8 Å². The highest BCUT2D eigenvalue weighted by Crippen LogP contribution is 2.26. The van der Waals surface area contributed by atoms with Gasteiger partial charge >= 0.3 is 0 Å². The number of amides is 2. The molecule has 3 heterocycles. The van der Waals surface area contributed by atoms with E-state index in [1.165, 1.54) is 29.4 Å². The molecule has 0 bridgehead atoms. The third-order valence-electron chi connectivity index (χ3n) is 6.74. The molecule has 1 atom stereocenters. The third-order valence-corrected chi connectivity index (χ3v) is 6.74. The molecule has 2 N–H and O–H groups in total. The Morgan fingerprint density at radius 3 is 2.50 bits per heavy atom. The number of alkyl halides is 1. The van der Waals surface area contributed by atoms with Gasteiger partial charge in [-0.15, -0.1) is 0 Å². The molecule has 1 aromatic heterocycles. The van der Waals surface area contributed by atoms with Crippen LogP contribution in [0.5, 0.6) is 5.88 Å². The van der Waals surface area contributed by atoms with Gasteiger partial charge in [0.15, 0.2) is 0 Å². The van der Waals surface area contributed by atoms with Crippen LogP contribution in [0.4, 0.5) is 8.78 Å². The van der Waals surface area contributed by atoms with Gasteiger partial charge in [0.05, 0.1) is 24.7 Å². The summed E-state index contributed by atoms with van der Waals surface area (Å²) in [5.74, 6) is -0.873. The molecule has 2 aliphatic heterocycles. The van der Waals surface area contributed by atoms with Crippen LogP contribution in [0.15, 0.2) is 30.6 Å². The van der Waals surface area contributed by atoms with Crippen LogP contribution in [-0.4, -0.2) is 76.1 Å². The zero-order chi connectivity index (χ0) is 25.9. The number of halogens is 2. The van der Waals surface area contributed by atoms with Crippen LogP contribution in [0.3, 0.4) is 0 Å². The van der Waals surface area contributed by atoms with Gasteiger partial charge in [0.25, 0.3) is 5.91 Å². The SMILES string of the molecule is CC(C)(F)CN1CCC(COc2cnc(-c3ccc(C(=O)N4CCC[C@H]4C(N)=O)cc3F)cn2)CC1. The molecule has 2 fully saturated rings. The van der Waals surface area contributed by atoms with Gasteiger partial charge in [-0.1, -0.05) is 0 Å². The van der Waals surface area contributed by atoms with Gasteiger partial charge in [0.1, 0.15) is 17.5 Å². The number of piperidine rings is 1. The number of benzene rings is 1. The van der Waals surface area contributed by atoms with E-state index in [0.29, 0.717) is 50.0 Å². The number of ether oxygens (including phenoxy) is 1. The molecule has 0 saturated carbocycles. The fourth-order valence-corrected chi connectivity index (χ4v) is 4.90. The average Bonchev–Trinajstić information content (AvgIpc) is 3.33. The molecular formula is C26H33F2N5O3. The predicted octanol–water partition coefficient (Wildman–Crippen LogP) is 3.21. The van der Waals surface area contributed by atoms with Crippen molar-refractivity contribution in [3.8, 4) is 17.1 Å². The average molecular weight is 502 g/mol. The molecule has 2 aliphatic rings. The summed E-state index contributed by atoms with van der Waals surface area (Å²) < 4.78 is 34.5. The number of likely N-dealkylation sites (tertiary alicyclic amines) is 2. The van der Waals surface area contributed by atoms with E-state index in [-0.39, 0.29) is 11.1 Å². The second-order valence-electron chi connectivity index (χ2n) is 10.2. The lowest BCUT2D eigenvalue weighted by molar-refractivity contribution is -0.121. The Kier molecular flexibility index (Phi) is 7.82. The molecular weight excluding hydrogens is 468 g/mol. The van der Waals surface area contributed by atoms with Gasteiger partial charge in [-0.3, -0.25) is 9.59 Å². The smallest absolute Gasteiger partial charge is 0.254 e. The summed E-state index contributed by atoms with van der Waals surface area (Å²) in [5.41, 5.74) is 4.87. The lowest BCUT2D eigenvalue weighted by Crippen LogP contribution is -2.43. The van der Waals surface area contributed by atoms with Crippen LogP contribution in [0.2, 0.25) is 0 Å². The zero-order valence-electron chi connectivity index (χ0n) is 20.8. The van der Waals surface area contributed by atoms with Gasteiger partial charge in [-0.05, 0) is 76.7 Å². The number of aromatic nitrogens is 2. The van der Waals surface area contributed by atoms with E-state index < -0.39 is 29.3 Å². The van der Waals surface area contributed by atoms with Crippen molar-refractivity contribution in [3.63, 3.8) is 0 Å². The molecule has 36 heavy (non-hydrogen) atoms. The Bertz CT molecular complexity index is 1080. The summed E-state index contributed by atoms with van der Waals surface area (Å²) in [7, 11) is 0. The topological polar surface area (TPSA) is 102 Å². The highest BCUT2D eigenvalue weighted by atomic mass is 19.1. The Hall–Kier alpha value is -3.14. The van der Waals surface area contributed by atoms with E-state index in [9.17, 15) is 18.4 Å². The summed E-state index contributed by atoms with van der Waals surface area (Å²) in [6, 6.07) is 3.49. The quantitative estimate of drug-likeness (QED) is 0.596. The van der Waals surface area contributed by atoms with E-state index in [0.717, 1.165) is 32.0 Å². The number of primary amides is 1. The molecule has 2 amide bonds. The van der Waals surface area contributed by atoms with Crippen LogP contribution in [0.1, 0.15) is 49.9 Å². The lowest BCUT2D eigenvalue weighted by atomic mass is 9.97. The van der Waals surface area contributed by atoms with Crippen molar-refractivity contribution >= 4 is 11.8 Å². The maximum atomic E-state index is 14.9. The van der Waals surface area contributed by atoms with Crippen molar-refractivity contribution in [2.75, 3.05) is 32.8 Å². The minimum Gasteiger partial charge on any atom is -0.476 e. The fourth-order valence-electron chi connectivity index (χ4n) is 4.90.